The minimum atomic E-state index is -0.247. The molecule has 0 saturated carbocycles. The summed E-state index contributed by atoms with van der Waals surface area (Å²) >= 11 is 17.6. The zero-order valence-electron chi connectivity index (χ0n) is 18.0. The van der Waals surface area contributed by atoms with Gasteiger partial charge >= 0.3 is 0 Å². The normalized spacial score (nSPS) is 11.4. The average Bonchev–Trinajstić information content (AvgIpc) is 2.80. The minimum Gasteiger partial charge on any atom is -0.493 e. The van der Waals surface area contributed by atoms with E-state index in [9.17, 15) is 4.79 Å². The summed E-state index contributed by atoms with van der Waals surface area (Å²) in [7, 11) is 1.57. The lowest BCUT2D eigenvalue weighted by atomic mass is 10.2. The van der Waals surface area contributed by atoms with Crippen molar-refractivity contribution in [2.45, 2.75) is 13.5 Å². The molecule has 4 aromatic rings. The zero-order chi connectivity index (χ0) is 24.4. The maximum Gasteiger partial charge on any atom is 0.282 e. The summed E-state index contributed by atoms with van der Waals surface area (Å²) in [6.45, 7) is 2.04. The molecule has 0 N–H and O–H groups in total. The molecular weight excluding hydrogens is 656 g/mol. The van der Waals surface area contributed by atoms with E-state index in [4.69, 9.17) is 32.7 Å². The third-order valence-electron chi connectivity index (χ3n) is 4.91. The molecule has 0 amide bonds. The maximum atomic E-state index is 13.0. The van der Waals surface area contributed by atoms with E-state index in [0.29, 0.717) is 44.9 Å². The van der Waals surface area contributed by atoms with E-state index in [1.165, 1.54) is 4.68 Å². The fourth-order valence-corrected chi connectivity index (χ4v) is 4.72. The first-order chi connectivity index (χ1) is 16.3. The summed E-state index contributed by atoms with van der Waals surface area (Å²) in [5.41, 5.74) is 1.99. The van der Waals surface area contributed by atoms with E-state index >= 15 is 0 Å². The molecule has 0 bridgehead atoms. The summed E-state index contributed by atoms with van der Waals surface area (Å²) in [6.07, 6.45) is 1.59. The van der Waals surface area contributed by atoms with Gasteiger partial charge in [0.15, 0.2) is 11.5 Å². The Hall–Kier alpha value is -2.14. The Morgan fingerprint density at radius 1 is 1.15 bits per heavy atom. The van der Waals surface area contributed by atoms with Crippen LogP contribution < -0.4 is 15.0 Å². The topological polar surface area (TPSA) is 65.7 Å². The standard InChI is InChI=1S/C24H17BrCl2IN3O3/c1-13-30-21-6-4-16(25)10-17(21)24(32)31(13)29-11-15-8-20(28)23(22(9-15)33-2)34-12-14-3-5-18(26)19(27)7-14/h3-11H,12H2,1-2H3. The van der Waals surface area contributed by atoms with Gasteiger partial charge in [-0.2, -0.15) is 9.78 Å². The molecular formula is C24H17BrCl2IN3O3. The molecule has 1 aromatic heterocycles. The molecule has 0 aliphatic rings. The van der Waals surface area contributed by atoms with Gasteiger partial charge in [0, 0.05) is 4.47 Å². The van der Waals surface area contributed by atoms with E-state index in [2.05, 4.69) is 48.6 Å². The highest BCUT2D eigenvalue weighted by molar-refractivity contribution is 14.1. The van der Waals surface area contributed by atoms with Gasteiger partial charge in [0.05, 0.1) is 37.8 Å². The minimum absolute atomic E-state index is 0.247. The van der Waals surface area contributed by atoms with Crippen LogP contribution in [0.2, 0.25) is 10.0 Å². The van der Waals surface area contributed by atoms with Crippen molar-refractivity contribution in [3.05, 3.63) is 93.9 Å². The van der Waals surface area contributed by atoms with Crippen LogP contribution in [0.1, 0.15) is 17.0 Å². The molecule has 0 unspecified atom stereocenters. The van der Waals surface area contributed by atoms with Crippen molar-refractivity contribution in [1.29, 1.82) is 0 Å². The molecule has 174 valence electrons. The molecule has 0 aliphatic heterocycles. The SMILES string of the molecule is COc1cc(C=Nn2c(C)nc3ccc(Br)cc3c2=O)cc(I)c1OCc1ccc(Cl)c(Cl)c1. The predicted molar refractivity (Wildman–Crippen MR) is 148 cm³/mol. The van der Waals surface area contributed by atoms with Gasteiger partial charge in [-0.1, -0.05) is 45.2 Å². The second kappa shape index (κ2) is 10.6. The average molecular weight is 673 g/mol. The number of ether oxygens (including phenoxy) is 2. The van der Waals surface area contributed by atoms with Crippen LogP contribution in [-0.4, -0.2) is 23.0 Å². The van der Waals surface area contributed by atoms with Gasteiger partial charge in [0.2, 0.25) is 0 Å². The smallest absolute Gasteiger partial charge is 0.282 e. The van der Waals surface area contributed by atoms with Crippen LogP contribution in [0.4, 0.5) is 0 Å². The number of hydrogen-bond acceptors (Lipinski definition) is 5. The Morgan fingerprint density at radius 2 is 1.94 bits per heavy atom. The maximum absolute atomic E-state index is 13.0. The molecule has 3 aromatic carbocycles. The van der Waals surface area contributed by atoms with Crippen LogP contribution in [0.5, 0.6) is 11.5 Å². The van der Waals surface area contributed by atoms with Crippen molar-refractivity contribution in [3.63, 3.8) is 0 Å². The van der Waals surface area contributed by atoms with Gasteiger partial charge in [0.25, 0.3) is 5.56 Å². The third kappa shape index (κ3) is 5.40. The number of hydrogen-bond donors (Lipinski definition) is 0. The highest BCUT2D eigenvalue weighted by atomic mass is 127. The van der Waals surface area contributed by atoms with Crippen LogP contribution in [0.25, 0.3) is 10.9 Å². The van der Waals surface area contributed by atoms with Gasteiger partial charge in [0.1, 0.15) is 12.4 Å². The summed E-state index contributed by atoms with van der Waals surface area (Å²) in [6, 6.07) is 14.4. The van der Waals surface area contributed by atoms with Crippen LogP contribution in [0.15, 0.2) is 62.9 Å². The first-order valence-corrected chi connectivity index (χ1v) is 12.6. The lowest BCUT2D eigenvalue weighted by Crippen LogP contribution is -2.20. The highest BCUT2D eigenvalue weighted by Crippen LogP contribution is 2.34. The quantitative estimate of drug-likeness (QED) is 0.166. The Morgan fingerprint density at radius 3 is 2.68 bits per heavy atom. The Labute approximate surface area is 227 Å². The summed E-state index contributed by atoms with van der Waals surface area (Å²) in [5.74, 6) is 1.62. The van der Waals surface area contributed by atoms with Crippen LogP contribution in [0.3, 0.4) is 0 Å². The van der Waals surface area contributed by atoms with Crippen LogP contribution in [0, 0.1) is 10.5 Å². The third-order valence-corrected chi connectivity index (χ3v) is 6.94. The Bertz CT molecular complexity index is 1490. The second-order valence-corrected chi connectivity index (χ2v) is 10.1. The number of nitrogens with zero attached hydrogens (tertiary/aromatic N) is 3. The molecule has 0 atom stereocenters. The number of methoxy groups -OCH3 is 1. The lowest BCUT2D eigenvalue weighted by Gasteiger charge is -2.14. The number of aromatic nitrogens is 2. The van der Waals surface area contributed by atoms with E-state index in [-0.39, 0.29) is 5.56 Å². The first kappa shape index (κ1) is 25.0. The fourth-order valence-electron chi connectivity index (χ4n) is 3.26. The molecule has 0 radical (unpaired) electrons. The highest BCUT2D eigenvalue weighted by Gasteiger charge is 2.13. The van der Waals surface area contributed by atoms with E-state index in [1.807, 2.05) is 18.2 Å². The lowest BCUT2D eigenvalue weighted by molar-refractivity contribution is 0.282. The van der Waals surface area contributed by atoms with E-state index < -0.39 is 0 Å². The second-order valence-electron chi connectivity index (χ2n) is 7.25. The Balaban J connectivity index is 1.63. The van der Waals surface area contributed by atoms with E-state index in [0.717, 1.165) is 19.2 Å². The first-order valence-electron chi connectivity index (χ1n) is 9.94. The number of aryl methyl sites for hydroxylation is 1. The van der Waals surface area contributed by atoms with Crippen LogP contribution in [-0.2, 0) is 6.61 Å². The van der Waals surface area contributed by atoms with Crippen molar-refractivity contribution in [2.75, 3.05) is 7.11 Å². The molecule has 0 fully saturated rings. The molecule has 10 heteroatoms. The molecule has 34 heavy (non-hydrogen) atoms. The van der Waals surface area contributed by atoms with Gasteiger partial charge in [-0.25, -0.2) is 4.98 Å². The molecule has 4 rings (SSSR count). The monoisotopic (exact) mass is 671 g/mol. The summed E-state index contributed by atoms with van der Waals surface area (Å²) < 4.78 is 14.5. The number of halogens is 4. The number of fused-ring (bicyclic) bond motifs is 1. The van der Waals surface area contributed by atoms with Gasteiger partial charge < -0.3 is 9.47 Å². The van der Waals surface area contributed by atoms with Crippen molar-refractivity contribution < 1.29 is 9.47 Å². The van der Waals surface area contributed by atoms with Crippen molar-refractivity contribution >= 4 is 78.8 Å². The molecule has 1 heterocycles. The summed E-state index contributed by atoms with van der Waals surface area (Å²) in [5, 5.41) is 5.83. The van der Waals surface area contributed by atoms with Crippen molar-refractivity contribution in [1.82, 2.24) is 9.66 Å². The van der Waals surface area contributed by atoms with Crippen molar-refractivity contribution in [2.24, 2.45) is 5.10 Å². The van der Waals surface area contributed by atoms with Gasteiger partial charge in [-0.05, 0) is 83.1 Å². The predicted octanol–water partition coefficient (Wildman–Crippen LogP) is 6.85. The van der Waals surface area contributed by atoms with Crippen LogP contribution >= 0.6 is 61.7 Å². The van der Waals surface area contributed by atoms with Gasteiger partial charge in [-0.15, -0.1) is 0 Å². The fraction of sp³-hybridized carbons (Fsp3) is 0.125. The largest absolute Gasteiger partial charge is 0.493 e. The van der Waals surface area contributed by atoms with E-state index in [1.54, 1.807) is 50.6 Å². The van der Waals surface area contributed by atoms with Gasteiger partial charge in [-0.3, -0.25) is 4.79 Å². The number of benzene rings is 3. The van der Waals surface area contributed by atoms with Crippen molar-refractivity contribution in [3.8, 4) is 11.5 Å². The molecule has 0 saturated heterocycles. The Kier molecular flexibility index (Phi) is 7.81. The summed E-state index contributed by atoms with van der Waals surface area (Å²) in [4.78, 5) is 17.4. The zero-order valence-corrected chi connectivity index (χ0v) is 23.2. The number of rotatable bonds is 6. The molecule has 6 nitrogen and oxygen atoms in total. The molecule has 0 aliphatic carbocycles. The molecule has 0 spiro atoms.